The van der Waals surface area contributed by atoms with Crippen LogP contribution in [0.1, 0.15) is 83.3 Å². The molecule has 0 spiro atoms. The smallest absolute Gasteiger partial charge is 0.136 e. The molecule has 2 aromatic rings. The number of rotatable bonds is 6. The van der Waals surface area contributed by atoms with Crippen LogP contribution in [0.5, 0.6) is 0 Å². The number of benzene rings is 1. The van der Waals surface area contributed by atoms with Gasteiger partial charge in [-0.25, -0.2) is 0 Å². The van der Waals surface area contributed by atoms with E-state index in [2.05, 4.69) is 75.2 Å². The lowest BCUT2D eigenvalue weighted by Gasteiger charge is -2.39. The Labute approximate surface area is 182 Å². The first-order valence-corrected chi connectivity index (χ1v) is 11.8. The molecule has 1 aromatic heterocycles. The Morgan fingerprint density at radius 3 is 2.47 bits per heavy atom. The minimum absolute atomic E-state index is 0.157. The van der Waals surface area contributed by atoms with E-state index in [0.717, 1.165) is 25.0 Å². The van der Waals surface area contributed by atoms with E-state index in [0.29, 0.717) is 5.92 Å². The van der Waals surface area contributed by atoms with E-state index in [-0.39, 0.29) is 11.0 Å². The summed E-state index contributed by atoms with van der Waals surface area (Å²) in [7, 11) is 0. The van der Waals surface area contributed by atoms with Crippen molar-refractivity contribution in [1.29, 1.82) is 0 Å². The van der Waals surface area contributed by atoms with Crippen molar-refractivity contribution in [2.24, 2.45) is 11.3 Å². The Bertz CT molecular complexity index is 874. The van der Waals surface area contributed by atoms with Gasteiger partial charge in [0, 0.05) is 24.1 Å². The van der Waals surface area contributed by atoms with Gasteiger partial charge in [-0.05, 0) is 74.1 Å². The van der Waals surface area contributed by atoms with E-state index in [1.807, 2.05) is 6.20 Å². The number of allylic oxidation sites excluding steroid dienone is 2. The second kappa shape index (κ2) is 8.57. The monoisotopic (exact) mass is 403 g/mol. The third kappa shape index (κ3) is 4.63. The SMILES string of the molecule is CCC(C)(C)C/C1=C/CCCCC(c2ccc(-c3ccc(C)cn3)cc2)(C2CC2)O1. The molecule has 2 aliphatic rings. The number of nitrogens with zero attached hydrogens (tertiary/aromatic N) is 1. The summed E-state index contributed by atoms with van der Waals surface area (Å²) in [6.07, 6.45) is 13.9. The average Bonchev–Trinajstić information content (AvgIpc) is 3.57. The highest BCUT2D eigenvalue weighted by molar-refractivity contribution is 5.59. The third-order valence-electron chi connectivity index (χ3n) is 7.11. The number of ether oxygens (including phenoxy) is 1. The molecule has 1 atom stereocenters. The van der Waals surface area contributed by atoms with Crippen LogP contribution in [0.4, 0.5) is 0 Å². The van der Waals surface area contributed by atoms with Crippen molar-refractivity contribution in [3.63, 3.8) is 0 Å². The van der Waals surface area contributed by atoms with Crippen LogP contribution in [0, 0.1) is 18.3 Å². The molecular formula is C28H37NO. The van der Waals surface area contributed by atoms with Crippen LogP contribution in [0.2, 0.25) is 0 Å². The maximum absolute atomic E-state index is 7.03. The first-order chi connectivity index (χ1) is 14.4. The summed E-state index contributed by atoms with van der Waals surface area (Å²) in [4.78, 5) is 4.60. The largest absolute Gasteiger partial charge is 0.487 e. The van der Waals surface area contributed by atoms with Gasteiger partial charge in [-0.15, -0.1) is 0 Å². The van der Waals surface area contributed by atoms with Crippen molar-refractivity contribution in [2.75, 3.05) is 0 Å². The Kier molecular flexibility index (Phi) is 6.04. The summed E-state index contributed by atoms with van der Waals surface area (Å²) in [6, 6.07) is 13.3. The van der Waals surface area contributed by atoms with Gasteiger partial charge in [-0.3, -0.25) is 4.98 Å². The highest BCUT2D eigenvalue weighted by Crippen LogP contribution is 2.53. The van der Waals surface area contributed by atoms with Crippen LogP contribution in [0.3, 0.4) is 0 Å². The maximum Gasteiger partial charge on any atom is 0.136 e. The predicted octanol–water partition coefficient (Wildman–Crippen LogP) is 7.96. The molecule has 4 rings (SSSR count). The Morgan fingerprint density at radius 2 is 1.83 bits per heavy atom. The maximum atomic E-state index is 7.03. The minimum atomic E-state index is -0.157. The lowest BCUT2D eigenvalue weighted by Crippen LogP contribution is -2.33. The first kappa shape index (κ1) is 21.2. The molecule has 30 heavy (non-hydrogen) atoms. The molecule has 160 valence electrons. The second-order valence-electron chi connectivity index (χ2n) is 10.2. The zero-order chi connectivity index (χ0) is 21.2. The molecule has 0 radical (unpaired) electrons. The van der Waals surface area contributed by atoms with Gasteiger partial charge in [-0.1, -0.05) is 57.5 Å². The van der Waals surface area contributed by atoms with Gasteiger partial charge < -0.3 is 4.74 Å². The predicted molar refractivity (Wildman–Crippen MR) is 125 cm³/mol. The van der Waals surface area contributed by atoms with Crippen LogP contribution in [0.25, 0.3) is 11.3 Å². The van der Waals surface area contributed by atoms with E-state index < -0.39 is 0 Å². The van der Waals surface area contributed by atoms with E-state index in [1.54, 1.807) is 0 Å². The van der Waals surface area contributed by atoms with Gasteiger partial charge in [0.1, 0.15) is 5.60 Å². The molecular weight excluding hydrogens is 366 g/mol. The van der Waals surface area contributed by atoms with E-state index in [1.165, 1.54) is 54.6 Å². The van der Waals surface area contributed by atoms with Gasteiger partial charge >= 0.3 is 0 Å². The van der Waals surface area contributed by atoms with Crippen molar-refractivity contribution in [3.8, 4) is 11.3 Å². The summed E-state index contributed by atoms with van der Waals surface area (Å²) in [5.41, 5.74) is 4.88. The van der Waals surface area contributed by atoms with Crippen molar-refractivity contribution >= 4 is 0 Å². The Morgan fingerprint density at radius 1 is 1.07 bits per heavy atom. The number of aryl methyl sites for hydroxylation is 1. The fourth-order valence-corrected chi connectivity index (χ4v) is 4.66. The van der Waals surface area contributed by atoms with E-state index in [4.69, 9.17) is 4.74 Å². The van der Waals surface area contributed by atoms with Gasteiger partial charge in [0.25, 0.3) is 0 Å². The second-order valence-corrected chi connectivity index (χ2v) is 10.2. The minimum Gasteiger partial charge on any atom is -0.487 e. The van der Waals surface area contributed by atoms with Crippen LogP contribution in [-0.4, -0.2) is 4.98 Å². The lowest BCUT2D eigenvalue weighted by atomic mass is 9.81. The molecule has 0 bridgehead atoms. The van der Waals surface area contributed by atoms with Crippen LogP contribution >= 0.6 is 0 Å². The average molecular weight is 404 g/mol. The summed E-state index contributed by atoms with van der Waals surface area (Å²) >= 11 is 0. The number of hydrogen-bond acceptors (Lipinski definition) is 2. The lowest BCUT2D eigenvalue weighted by molar-refractivity contribution is -0.0446. The van der Waals surface area contributed by atoms with Crippen molar-refractivity contribution in [1.82, 2.24) is 4.98 Å². The van der Waals surface area contributed by atoms with Crippen molar-refractivity contribution in [3.05, 3.63) is 65.6 Å². The molecule has 1 saturated carbocycles. The molecule has 1 aliphatic carbocycles. The van der Waals surface area contributed by atoms with Crippen LogP contribution in [0.15, 0.2) is 54.4 Å². The van der Waals surface area contributed by atoms with Crippen LogP contribution < -0.4 is 0 Å². The number of aromatic nitrogens is 1. The van der Waals surface area contributed by atoms with Gasteiger partial charge in [0.2, 0.25) is 0 Å². The summed E-state index contributed by atoms with van der Waals surface area (Å²) in [5, 5.41) is 0. The highest BCUT2D eigenvalue weighted by Gasteiger charge is 2.49. The van der Waals surface area contributed by atoms with Gasteiger partial charge in [0.15, 0.2) is 0 Å². The highest BCUT2D eigenvalue weighted by atomic mass is 16.5. The Hall–Kier alpha value is -2.09. The zero-order valence-corrected chi connectivity index (χ0v) is 19.2. The zero-order valence-electron chi connectivity index (χ0n) is 19.2. The molecule has 2 heteroatoms. The van der Waals surface area contributed by atoms with Crippen molar-refractivity contribution in [2.45, 2.75) is 84.7 Å². The fourth-order valence-electron chi connectivity index (χ4n) is 4.66. The van der Waals surface area contributed by atoms with Crippen LogP contribution in [-0.2, 0) is 10.3 Å². The third-order valence-corrected chi connectivity index (χ3v) is 7.11. The summed E-state index contributed by atoms with van der Waals surface area (Å²) in [6.45, 7) is 9.09. The molecule has 1 unspecified atom stereocenters. The van der Waals surface area contributed by atoms with E-state index >= 15 is 0 Å². The topological polar surface area (TPSA) is 22.1 Å². The molecule has 1 aliphatic heterocycles. The molecule has 0 saturated heterocycles. The summed E-state index contributed by atoms with van der Waals surface area (Å²) < 4.78 is 7.03. The molecule has 0 N–H and O–H groups in total. The van der Waals surface area contributed by atoms with Gasteiger partial charge in [0.05, 0.1) is 11.5 Å². The molecule has 2 heterocycles. The first-order valence-electron chi connectivity index (χ1n) is 11.8. The number of hydrogen-bond donors (Lipinski definition) is 0. The summed E-state index contributed by atoms with van der Waals surface area (Å²) in [5.74, 6) is 1.87. The normalized spacial score (nSPS) is 24.3. The van der Waals surface area contributed by atoms with Gasteiger partial charge in [-0.2, -0.15) is 0 Å². The fraction of sp³-hybridized carbons (Fsp3) is 0.536. The molecule has 0 amide bonds. The standard InChI is InChI=1S/C28H37NO/c1-5-27(3,4)19-25-9-7-6-8-18-28(30-25,24-15-16-24)23-13-11-22(12-14-23)26-17-10-21(2)20-29-26/h9-14,17,20,24H,5-8,15-16,18-19H2,1-4H3/b25-9-. The molecule has 1 fully saturated rings. The Balaban J connectivity index is 1.65. The molecule has 2 nitrogen and oxygen atoms in total. The quantitative estimate of drug-likeness (QED) is 0.488. The van der Waals surface area contributed by atoms with E-state index in [9.17, 15) is 0 Å². The molecule has 1 aromatic carbocycles. The van der Waals surface area contributed by atoms with Crippen molar-refractivity contribution < 1.29 is 4.74 Å². The number of pyridine rings is 1.